The molecule has 0 atom stereocenters. The molecule has 0 radical (unpaired) electrons. The number of thiocarbonyl (C=S) groups is 2. The number of nitrogens with one attached hydrogen (secondary N) is 1. The standard InChI is InChI=1S/C9H5F5N2S2/c10-4-5(11)7(13)9(8(14)6(4)12)16-3(18)1-2(15)17/h1H2,(H2,15,17)(H,16,18). The van der Waals surface area contributed by atoms with Crippen molar-refractivity contribution in [2.45, 2.75) is 6.42 Å². The number of benzene rings is 1. The summed E-state index contributed by atoms with van der Waals surface area (Å²) < 4.78 is 64.7. The number of nitrogens with two attached hydrogens (primary N) is 1. The molecule has 0 spiro atoms. The molecule has 0 saturated heterocycles. The minimum Gasteiger partial charge on any atom is -0.393 e. The zero-order valence-electron chi connectivity index (χ0n) is 8.49. The average molecular weight is 300 g/mol. The number of hydrogen-bond donors (Lipinski definition) is 2. The molecule has 0 aliphatic rings. The Morgan fingerprint density at radius 2 is 1.28 bits per heavy atom. The van der Waals surface area contributed by atoms with Gasteiger partial charge in [-0.2, -0.15) is 0 Å². The van der Waals surface area contributed by atoms with Gasteiger partial charge in [-0.05, 0) is 0 Å². The van der Waals surface area contributed by atoms with E-state index in [9.17, 15) is 22.0 Å². The molecule has 9 heteroatoms. The Balaban J connectivity index is 3.18. The van der Waals surface area contributed by atoms with Crippen LogP contribution in [0.1, 0.15) is 6.42 Å². The highest BCUT2D eigenvalue weighted by molar-refractivity contribution is 7.82. The van der Waals surface area contributed by atoms with E-state index in [4.69, 9.17) is 5.73 Å². The van der Waals surface area contributed by atoms with Crippen LogP contribution in [-0.4, -0.2) is 9.98 Å². The summed E-state index contributed by atoms with van der Waals surface area (Å²) in [5.41, 5.74) is 3.89. The number of rotatable bonds is 3. The van der Waals surface area contributed by atoms with Crippen LogP contribution in [0.2, 0.25) is 0 Å². The molecular formula is C9H5F5N2S2. The summed E-state index contributed by atoms with van der Waals surface area (Å²) in [4.78, 5) is -0.345. The minimum atomic E-state index is -2.24. The van der Waals surface area contributed by atoms with Gasteiger partial charge in [-0.1, -0.05) is 24.4 Å². The molecule has 0 unspecified atom stereocenters. The van der Waals surface area contributed by atoms with Gasteiger partial charge >= 0.3 is 0 Å². The molecule has 0 fully saturated rings. The average Bonchev–Trinajstić information content (AvgIpc) is 2.29. The molecule has 0 aliphatic heterocycles. The molecule has 0 saturated carbocycles. The van der Waals surface area contributed by atoms with E-state index >= 15 is 0 Å². The Kier molecular flexibility index (Phi) is 4.52. The maximum Gasteiger partial charge on any atom is 0.200 e. The second-order valence-corrected chi connectivity index (χ2v) is 4.15. The van der Waals surface area contributed by atoms with Gasteiger partial charge in [-0.3, -0.25) is 0 Å². The van der Waals surface area contributed by atoms with Gasteiger partial charge in [0.1, 0.15) is 5.69 Å². The highest BCUT2D eigenvalue weighted by Crippen LogP contribution is 2.27. The van der Waals surface area contributed by atoms with Gasteiger partial charge in [0.05, 0.1) is 9.98 Å². The molecule has 0 heterocycles. The van der Waals surface area contributed by atoms with Crippen molar-refractivity contribution in [2.75, 3.05) is 5.32 Å². The van der Waals surface area contributed by atoms with Crippen LogP contribution in [0.4, 0.5) is 27.6 Å². The first-order chi connectivity index (χ1) is 8.25. The maximum atomic E-state index is 13.2. The van der Waals surface area contributed by atoms with Gasteiger partial charge in [-0.25, -0.2) is 22.0 Å². The van der Waals surface area contributed by atoms with Crippen molar-refractivity contribution in [3.8, 4) is 0 Å². The molecule has 1 aromatic rings. The summed E-state index contributed by atoms with van der Waals surface area (Å²) in [6, 6.07) is 0. The van der Waals surface area contributed by atoms with Gasteiger partial charge < -0.3 is 11.1 Å². The van der Waals surface area contributed by atoms with Gasteiger partial charge in [0, 0.05) is 6.42 Å². The zero-order chi connectivity index (χ0) is 14.0. The van der Waals surface area contributed by atoms with E-state index in [1.807, 2.05) is 5.32 Å². The quantitative estimate of drug-likeness (QED) is 0.390. The molecule has 1 rings (SSSR count). The van der Waals surface area contributed by atoms with Gasteiger partial charge in [0.15, 0.2) is 23.3 Å². The smallest absolute Gasteiger partial charge is 0.200 e. The van der Waals surface area contributed by atoms with Crippen molar-refractivity contribution in [1.82, 2.24) is 0 Å². The van der Waals surface area contributed by atoms with Crippen LogP contribution < -0.4 is 11.1 Å². The Morgan fingerprint density at radius 3 is 1.67 bits per heavy atom. The van der Waals surface area contributed by atoms with E-state index in [1.165, 1.54) is 0 Å². The summed E-state index contributed by atoms with van der Waals surface area (Å²) in [6.45, 7) is 0. The largest absolute Gasteiger partial charge is 0.393 e. The lowest BCUT2D eigenvalue weighted by molar-refractivity contribution is 0.382. The fraction of sp³-hybridized carbons (Fsp3) is 0.111. The van der Waals surface area contributed by atoms with Crippen molar-refractivity contribution in [3.05, 3.63) is 29.1 Å². The fourth-order valence-corrected chi connectivity index (χ4v) is 1.55. The fourth-order valence-electron chi connectivity index (χ4n) is 1.06. The van der Waals surface area contributed by atoms with Crippen LogP contribution in [0.5, 0.6) is 0 Å². The predicted octanol–water partition coefficient (Wildman–Crippen LogP) is 2.80. The molecule has 3 N–H and O–H groups in total. The minimum absolute atomic E-state index is 0.0867. The topological polar surface area (TPSA) is 38.0 Å². The highest BCUT2D eigenvalue weighted by atomic mass is 32.1. The van der Waals surface area contributed by atoms with Gasteiger partial charge in [0.25, 0.3) is 0 Å². The number of hydrogen-bond acceptors (Lipinski definition) is 2. The van der Waals surface area contributed by atoms with Crippen molar-refractivity contribution in [2.24, 2.45) is 5.73 Å². The van der Waals surface area contributed by atoms with Crippen LogP contribution in [0, 0.1) is 29.1 Å². The SMILES string of the molecule is NC(=S)CC(=S)Nc1c(F)c(F)c(F)c(F)c1F. The predicted molar refractivity (Wildman–Crippen MR) is 63.9 cm³/mol. The Hall–Kier alpha value is -1.35. The zero-order valence-corrected chi connectivity index (χ0v) is 10.1. The van der Waals surface area contributed by atoms with E-state index in [0.29, 0.717) is 0 Å². The maximum absolute atomic E-state index is 13.2. The molecule has 18 heavy (non-hydrogen) atoms. The van der Waals surface area contributed by atoms with Crippen molar-refractivity contribution >= 4 is 40.1 Å². The third-order valence-electron chi connectivity index (χ3n) is 1.81. The lowest BCUT2D eigenvalue weighted by Gasteiger charge is -2.11. The third-order valence-corrected chi connectivity index (χ3v) is 2.20. The van der Waals surface area contributed by atoms with Crippen LogP contribution in [-0.2, 0) is 0 Å². The van der Waals surface area contributed by atoms with Crippen LogP contribution in [0.15, 0.2) is 0 Å². The third kappa shape index (κ3) is 2.91. The molecule has 0 bridgehead atoms. The first kappa shape index (κ1) is 14.7. The van der Waals surface area contributed by atoms with Crippen LogP contribution in [0.25, 0.3) is 0 Å². The molecular weight excluding hydrogens is 295 g/mol. The Labute approximate surface area is 109 Å². The van der Waals surface area contributed by atoms with Crippen LogP contribution in [0.3, 0.4) is 0 Å². The van der Waals surface area contributed by atoms with E-state index in [1.54, 1.807) is 0 Å². The Morgan fingerprint density at radius 1 is 0.889 bits per heavy atom. The van der Waals surface area contributed by atoms with E-state index in [2.05, 4.69) is 24.4 Å². The van der Waals surface area contributed by atoms with Gasteiger partial charge in [0.2, 0.25) is 5.82 Å². The highest BCUT2D eigenvalue weighted by Gasteiger charge is 2.26. The second kappa shape index (κ2) is 5.53. The molecule has 0 amide bonds. The summed E-state index contributed by atoms with van der Waals surface area (Å²) in [5.74, 6) is -10.4. The molecule has 2 nitrogen and oxygen atoms in total. The lowest BCUT2D eigenvalue weighted by Crippen LogP contribution is -2.20. The van der Waals surface area contributed by atoms with E-state index in [0.717, 1.165) is 0 Å². The van der Waals surface area contributed by atoms with Crippen LogP contribution >= 0.6 is 24.4 Å². The second-order valence-electron chi connectivity index (χ2n) is 3.14. The monoisotopic (exact) mass is 300 g/mol. The number of halogens is 5. The Bertz CT molecular complexity index is 503. The molecule has 0 aliphatic carbocycles. The van der Waals surface area contributed by atoms with E-state index < -0.39 is 34.8 Å². The van der Waals surface area contributed by atoms with Crippen molar-refractivity contribution in [3.63, 3.8) is 0 Å². The number of anilines is 1. The summed E-state index contributed by atoms with van der Waals surface area (Å²) >= 11 is 9.08. The summed E-state index contributed by atoms with van der Waals surface area (Å²) in [7, 11) is 0. The lowest BCUT2D eigenvalue weighted by atomic mass is 10.2. The summed E-state index contributed by atoms with van der Waals surface area (Å²) in [6.07, 6.45) is -0.218. The first-order valence-electron chi connectivity index (χ1n) is 4.35. The van der Waals surface area contributed by atoms with Crippen molar-refractivity contribution < 1.29 is 22.0 Å². The first-order valence-corrected chi connectivity index (χ1v) is 5.17. The molecule has 0 aromatic heterocycles. The van der Waals surface area contributed by atoms with E-state index in [-0.39, 0.29) is 16.4 Å². The van der Waals surface area contributed by atoms with Gasteiger partial charge in [-0.15, -0.1) is 0 Å². The molecule has 1 aromatic carbocycles. The normalized spacial score (nSPS) is 10.3. The van der Waals surface area contributed by atoms with Crippen molar-refractivity contribution in [1.29, 1.82) is 0 Å². The molecule has 98 valence electrons. The summed E-state index contributed by atoms with van der Waals surface area (Å²) in [5, 5.41) is 1.89.